The quantitative estimate of drug-likeness (QED) is 0.790. The van der Waals surface area contributed by atoms with Crippen molar-refractivity contribution in [3.05, 3.63) is 35.4 Å². The number of carbonyl (C=O) groups excluding carboxylic acids is 1. The van der Waals surface area contributed by atoms with E-state index in [2.05, 4.69) is 0 Å². The molecule has 1 saturated carbocycles. The van der Waals surface area contributed by atoms with Crippen LogP contribution in [0.1, 0.15) is 56.6 Å². The summed E-state index contributed by atoms with van der Waals surface area (Å²) in [6.07, 6.45) is 0.166. The number of hydrogen-bond donors (Lipinski definition) is 1. The molecule has 7 heteroatoms. The van der Waals surface area contributed by atoms with Crippen LogP contribution < -0.4 is 5.73 Å². The Bertz CT molecular complexity index is 557. The van der Waals surface area contributed by atoms with Gasteiger partial charge in [-0.25, -0.2) is 0 Å². The first-order valence-electron chi connectivity index (χ1n) is 8.49. The zero-order valence-electron chi connectivity index (χ0n) is 14.4. The third-order valence-electron chi connectivity index (χ3n) is 4.56. The van der Waals surface area contributed by atoms with Gasteiger partial charge < -0.3 is 10.6 Å². The molecule has 0 bridgehead atoms. The van der Waals surface area contributed by atoms with Crippen molar-refractivity contribution in [2.75, 3.05) is 0 Å². The van der Waals surface area contributed by atoms with E-state index in [0.717, 1.165) is 31.7 Å². The van der Waals surface area contributed by atoms with Crippen LogP contribution in [0.3, 0.4) is 0 Å². The maximum atomic E-state index is 13.2. The van der Waals surface area contributed by atoms with Crippen molar-refractivity contribution in [1.82, 2.24) is 4.90 Å². The second kappa shape index (κ2) is 9.43. The summed E-state index contributed by atoms with van der Waals surface area (Å²) in [5, 5.41) is 0. The Morgan fingerprint density at radius 3 is 2.44 bits per heavy atom. The van der Waals surface area contributed by atoms with Gasteiger partial charge in [0, 0.05) is 25.0 Å². The highest BCUT2D eigenvalue weighted by Gasteiger charge is 2.35. The van der Waals surface area contributed by atoms with Crippen molar-refractivity contribution in [1.29, 1.82) is 0 Å². The Morgan fingerprint density at radius 2 is 1.88 bits per heavy atom. The van der Waals surface area contributed by atoms with Crippen molar-refractivity contribution in [2.24, 2.45) is 5.73 Å². The van der Waals surface area contributed by atoms with Gasteiger partial charge in [0.25, 0.3) is 0 Å². The molecular formula is C18H26ClF3N2O. The molecule has 0 spiro atoms. The molecule has 0 aromatic heterocycles. The van der Waals surface area contributed by atoms with E-state index in [1.54, 1.807) is 11.0 Å². The smallest absolute Gasteiger partial charge is 0.335 e. The van der Waals surface area contributed by atoms with E-state index < -0.39 is 11.7 Å². The Kier molecular flexibility index (Phi) is 8.22. The fourth-order valence-electron chi connectivity index (χ4n) is 3.25. The van der Waals surface area contributed by atoms with E-state index in [1.165, 1.54) is 12.1 Å². The minimum Gasteiger partial charge on any atom is -0.335 e. The molecule has 0 aliphatic heterocycles. The zero-order chi connectivity index (χ0) is 17.7. The Morgan fingerprint density at radius 1 is 1.28 bits per heavy atom. The van der Waals surface area contributed by atoms with E-state index in [9.17, 15) is 18.0 Å². The van der Waals surface area contributed by atoms with Crippen molar-refractivity contribution >= 4 is 18.3 Å². The van der Waals surface area contributed by atoms with Gasteiger partial charge in [-0.05, 0) is 37.8 Å². The van der Waals surface area contributed by atoms with Crippen LogP contribution in [0.25, 0.3) is 0 Å². The number of hydrogen-bond acceptors (Lipinski definition) is 2. The lowest BCUT2D eigenvalue weighted by molar-refractivity contribution is -0.140. The highest BCUT2D eigenvalue weighted by molar-refractivity contribution is 5.85. The number of halogens is 4. The van der Waals surface area contributed by atoms with E-state index in [-0.39, 0.29) is 48.9 Å². The molecule has 1 aliphatic carbocycles. The predicted octanol–water partition coefficient (Wildman–Crippen LogP) is 4.53. The topological polar surface area (TPSA) is 46.3 Å². The maximum absolute atomic E-state index is 13.2. The summed E-state index contributed by atoms with van der Waals surface area (Å²) >= 11 is 0. The van der Waals surface area contributed by atoms with E-state index in [1.807, 2.05) is 6.92 Å². The van der Waals surface area contributed by atoms with E-state index in [4.69, 9.17) is 5.73 Å². The van der Waals surface area contributed by atoms with E-state index >= 15 is 0 Å². The van der Waals surface area contributed by atoms with Gasteiger partial charge in [0.05, 0.1) is 5.56 Å². The SMILES string of the molecule is CC(N)CCC(=O)N(Cc1ccccc1C(F)(F)F)C1CCCC1.Cl. The summed E-state index contributed by atoms with van der Waals surface area (Å²) in [5.74, 6) is -0.101. The Hall–Kier alpha value is -1.27. The van der Waals surface area contributed by atoms with Crippen LogP contribution in [0, 0.1) is 0 Å². The molecule has 25 heavy (non-hydrogen) atoms. The van der Waals surface area contributed by atoms with Crippen LogP contribution in [0.2, 0.25) is 0 Å². The first-order valence-corrected chi connectivity index (χ1v) is 8.49. The first kappa shape index (κ1) is 21.8. The second-order valence-electron chi connectivity index (χ2n) is 6.63. The van der Waals surface area contributed by atoms with Crippen molar-refractivity contribution in [3.8, 4) is 0 Å². The van der Waals surface area contributed by atoms with Gasteiger partial charge in [-0.2, -0.15) is 13.2 Å². The molecule has 1 fully saturated rings. The Labute approximate surface area is 153 Å². The minimum atomic E-state index is -4.41. The fraction of sp³-hybridized carbons (Fsp3) is 0.611. The van der Waals surface area contributed by atoms with Crippen LogP contribution in [0.5, 0.6) is 0 Å². The molecule has 0 heterocycles. The van der Waals surface area contributed by atoms with Gasteiger partial charge >= 0.3 is 6.18 Å². The third-order valence-corrected chi connectivity index (χ3v) is 4.56. The van der Waals surface area contributed by atoms with Crippen molar-refractivity contribution in [2.45, 2.75) is 70.3 Å². The van der Waals surface area contributed by atoms with Gasteiger partial charge in [-0.15, -0.1) is 12.4 Å². The summed E-state index contributed by atoms with van der Waals surface area (Å²) in [6, 6.07) is 5.44. The van der Waals surface area contributed by atoms with Crippen molar-refractivity contribution in [3.63, 3.8) is 0 Å². The summed E-state index contributed by atoms with van der Waals surface area (Å²) < 4.78 is 39.6. The largest absolute Gasteiger partial charge is 0.416 e. The number of rotatable bonds is 6. The molecule has 1 aromatic carbocycles. The van der Waals surface area contributed by atoms with Gasteiger partial charge in [0.2, 0.25) is 5.91 Å². The molecule has 1 aromatic rings. The van der Waals surface area contributed by atoms with Gasteiger partial charge in [0.1, 0.15) is 0 Å². The molecule has 1 unspecified atom stereocenters. The number of carbonyl (C=O) groups is 1. The minimum absolute atomic E-state index is 0. The zero-order valence-corrected chi connectivity index (χ0v) is 15.2. The standard InChI is InChI=1S/C18H25F3N2O.ClH/c1-13(22)10-11-17(24)23(15-7-3-4-8-15)12-14-6-2-5-9-16(14)18(19,20)21;/h2,5-6,9,13,15H,3-4,7-8,10-12,22H2,1H3;1H. The lowest BCUT2D eigenvalue weighted by atomic mass is 10.0. The number of benzene rings is 1. The molecule has 2 N–H and O–H groups in total. The van der Waals surface area contributed by atoms with Gasteiger partial charge in [-0.1, -0.05) is 31.0 Å². The number of nitrogens with two attached hydrogens (primary N) is 1. The molecule has 0 saturated heterocycles. The van der Waals surface area contributed by atoms with Crippen LogP contribution in [-0.4, -0.2) is 22.9 Å². The normalized spacial score (nSPS) is 16.4. The molecule has 1 aliphatic rings. The van der Waals surface area contributed by atoms with E-state index in [0.29, 0.717) is 6.42 Å². The van der Waals surface area contributed by atoms with Crippen LogP contribution in [-0.2, 0) is 17.5 Å². The summed E-state index contributed by atoms with van der Waals surface area (Å²) in [7, 11) is 0. The molecule has 1 amide bonds. The average Bonchev–Trinajstić information content (AvgIpc) is 3.03. The van der Waals surface area contributed by atoms with Crippen LogP contribution in [0.4, 0.5) is 13.2 Å². The molecule has 142 valence electrons. The predicted molar refractivity (Wildman–Crippen MR) is 94.4 cm³/mol. The van der Waals surface area contributed by atoms with Gasteiger partial charge in [0.15, 0.2) is 0 Å². The molecular weight excluding hydrogens is 353 g/mol. The summed E-state index contributed by atoms with van der Waals surface area (Å²) in [4.78, 5) is 14.2. The molecule has 1 atom stereocenters. The maximum Gasteiger partial charge on any atom is 0.416 e. The van der Waals surface area contributed by atoms with Gasteiger partial charge in [-0.3, -0.25) is 4.79 Å². The molecule has 0 radical (unpaired) electrons. The molecule has 3 nitrogen and oxygen atoms in total. The third kappa shape index (κ3) is 6.19. The number of amides is 1. The summed E-state index contributed by atoms with van der Waals surface area (Å²) in [6.45, 7) is 1.84. The van der Waals surface area contributed by atoms with Crippen LogP contribution in [0.15, 0.2) is 24.3 Å². The number of alkyl halides is 3. The fourth-order valence-corrected chi connectivity index (χ4v) is 3.25. The lowest BCUT2D eigenvalue weighted by Crippen LogP contribution is -2.39. The molecule has 2 rings (SSSR count). The Balaban J connectivity index is 0.00000312. The number of nitrogens with zero attached hydrogens (tertiary/aromatic N) is 1. The summed E-state index contributed by atoms with van der Waals surface area (Å²) in [5.41, 5.74) is 5.21. The average molecular weight is 379 g/mol. The van der Waals surface area contributed by atoms with Crippen molar-refractivity contribution < 1.29 is 18.0 Å². The highest BCUT2D eigenvalue weighted by Crippen LogP contribution is 2.34. The first-order chi connectivity index (χ1) is 11.3. The highest BCUT2D eigenvalue weighted by atomic mass is 35.5. The lowest BCUT2D eigenvalue weighted by Gasteiger charge is -2.30. The second-order valence-corrected chi connectivity index (χ2v) is 6.63. The van der Waals surface area contributed by atoms with Crippen LogP contribution >= 0.6 is 12.4 Å². The monoisotopic (exact) mass is 378 g/mol.